The van der Waals surface area contributed by atoms with Crippen molar-refractivity contribution in [1.82, 2.24) is 10.7 Å². The molecule has 0 aromatic carbocycles. The molecule has 0 heterocycles. The van der Waals surface area contributed by atoms with E-state index in [-0.39, 0.29) is 12.5 Å². The van der Waals surface area contributed by atoms with E-state index in [0.29, 0.717) is 12.2 Å². The van der Waals surface area contributed by atoms with Gasteiger partial charge >= 0.3 is 0 Å². The maximum Gasteiger partial charge on any atom is 0.253 e. The highest BCUT2D eigenvalue weighted by Gasteiger charge is 2.01. The lowest BCUT2D eigenvalue weighted by Crippen LogP contribution is -2.40. The molecule has 0 unspecified atom stereocenters. The van der Waals surface area contributed by atoms with Crippen molar-refractivity contribution in [2.75, 3.05) is 12.3 Å². The number of nitrogens with one attached hydrogen (secondary N) is 2. The fourth-order valence-electron chi connectivity index (χ4n) is 0.420. The molecule has 5 nitrogen and oxygen atoms in total. The number of hydrazine groups is 1. The Labute approximate surface area is 70.1 Å². The zero-order chi connectivity index (χ0) is 8.69. The van der Waals surface area contributed by atoms with E-state index in [4.69, 9.17) is 5.84 Å². The number of nitrogens with two attached hydrogens (primary N) is 1. The van der Waals surface area contributed by atoms with Gasteiger partial charge in [0.1, 0.15) is 0 Å². The van der Waals surface area contributed by atoms with Crippen LogP contribution in [0.5, 0.6) is 0 Å². The summed E-state index contributed by atoms with van der Waals surface area (Å²) >= 11 is 3.84. The molecule has 0 aliphatic carbocycles. The van der Waals surface area contributed by atoms with Crippen molar-refractivity contribution < 1.29 is 9.59 Å². The first-order valence-electron chi connectivity index (χ1n) is 3.07. The molecule has 0 aromatic heterocycles. The van der Waals surface area contributed by atoms with E-state index in [9.17, 15) is 9.59 Å². The minimum absolute atomic E-state index is 0.0802. The van der Waals surface area contributed by atoms with Gasteiger partial charge in [-0.25, -0.2) is 5.84 Å². The van der Waals surface area contributed by atoms with Crippen LogP contribution in [0.15, 0.2) is 0 Å². The van der Waals surface area contributed by atoms with Gasteiger partial charge in [-0.15, -0.1) is 0 Å². The van der Waals surface area contributed by atoms with Gasteiger partial charge < -0.3 is 5.32 Å². The zero-order valence-electron chi connectivity index (χ0n) is 5.96. The van der Waals surface area contributed by atoms with E-state index in [1.165, 1.54) is 0 Å². The van der Waals surface area contributed by atoms with E-state index >= 15 is 0 Å². The smallest absolute Gasteiger partial charge is 0.253 e. The van der Waals surface area contributed by atoms with Crippen LogP contribution in [0.1, 0.15) is 6.42 Å². The summed E-state index contributed by atoms with van der Waals surface area (Å²) in [7, 11) is 0. The maximum atomic E-state index is 10.7. The number of carbonyl (C=O) groups is 2. The third-order valence-electron chi connectivity index (χ3n) is 0.946. The van der Waals surface area contributed by atoms with E-state index in [1.54, 1.807) is 0 Å². The highest BCUT2D eigenvalue weighted by atomic mass is 32.1. The van der Waals surface area contributed by atoms with Crippen LogP contribution in [0.2, 0.25) is 0 Å². The molecule has 0 atom stereocenters. The quantitative estimate of drug-likeness (QED) is 0.181. The fourth-order valence-corrected chi connectivity index (χ4v) is 0.623. The average Bonchev–Trinajstić information content (AvgIpc) is 2.01. The van der Waals surface area contributed by atoms with Gasteiger partial charge in [-0.2, -0.15) is 12.6 Å². The lowest BCUT2D eigenvalue weighted by molar-refractivity contribution is -0.125. The van der Waals surface area contributed by atoms with Crippen LogP contribution in [0, 0.1) is 0 Å². The summed E-state index contributed by atoms with van der Waals surface area (Å²) in [6.45, 7) is -0.0802. The molecule has 11 heavy (non-hydrogen) atoms. The molecular weight excluding hydrogens is 166 g/mol. The number of carbonyl (C=O) groups excluding carboxylic acids is 2. The second kappa shape index (κ2) is 5.99. The van der Waals surface area contributed by atoms with Crippen LogP contribution in [-0.2, 0) is 9.59 Å². The Kier molecular flexibility index (Phi) is 5.58. The summed E-state index contributed by atoms with van der Waals surface area (Å²) in [4.78, 5) is 21.1. The number of thiol groups is 1. The van der Waals surface area contributed by atoms with Gasteiger partial charge in [-0.3, -0.25) is 15.0 Å². The highest BCUT2D eigenvalue weighted by molar-refractivity contribution is 7.80. The molecule has 0 rings (SSSR count). The lowest BCUT2D eigenvalue weighted by Gasteiger charge is -2.01. The number of hydrogen-bond acceptors (Lipinski definition) is 4. The molecule has 6 heteroatoms. The van der Waals surface area contributed by atoms with E-state index in [1.807, 2.05) is 5.43 Å². The molecule has 0 bridgehead atoms. The number of hydrogen-bond donors (Lipinski definition) is 4. The Hall–Kier alpha value is -0.750. The van der Waals surface area contributed by atoms with Crippen molar-refractivity contribution in [3.05, 3.63) is 0 Å². The standard InChI is InChI=1S/C5H11N3O2S/c6-8-5(10)3-7-4(9)1-2-11/h11H,1-3,6H2,(H,7,9)(H,8,10). The first-order valence-corrected chi connectivity index (χ1v) is 3.71. The molecule has 4 N–H and O–H groups in total. The first-order chi connectivity index (χ1) is 5.20. The third-order valence-corrected chi connectivity index (χ3v) is 1.17. The van der Waals surface area contributed by atoms with Gasteiger partial charge in [0, 0.05) is 6.42 Å². The van der Waals surface area contributed by atoms with Gasteiger partial charge in [0.05, 0.1) is 6.54 Å². The molecular formula is C5H11N3O2S. The average molecular weight is 177 g/mol. The normalized spacial score (nSPS) is 8.91. The predicted octanol–water partition coefficient (Wildman–Crippen LogP) is -1.59. The molecule has 0 spiro atoms. The van der Waals surface area contributed by atoms with E-state index in [2.05, 4.69) is 17.9 Å². The summed E-state index contributed by atoms with van der Waals surface area (Å²) in [6, 6.07) is 0. The fraction of sp³-hybridized carbons (Fsp3) is 0.600. The van der Waals surface area contributed by atoms with Gasteiger partial charge in [0.25, 0.3) is 5.91 Å². The van der Waals surface area contributed by atoms with Gasteiger partial charge in [0.15, 0.2) is 0 Å². The molecule has 0 aromatic rings. The molecule has 0 aliphatic heterocycles. The van der Waals surface area contributed by atoms with Gasteiger partial charge in [0.2, 0.25) is 5.91 Å². The van der Waals surface area contributed by atoms with Crippen LogP contribution < -0.4 is 16.6 Å². The first kappa shape index (κ1) is 10.2. The molecule has 0 saturated heterocycles. The Bertz CT molecular complexity index is 151. The summed E-state index contributed by atoms with van der Waals surface area (Å²) in [5, 5.41) is 2.35. The second-order valence-corrected chi connectivity index (χ2v) is 2.27. The van der Waals surface area contributed by atoms with Gasteiger partial charge in [-0.05, 0) is 5.75 Å². The Morgan fingerprint density at radius 3 is 2.45 bits per heavy atom. The van der Waals surface area contributed by atoms with Crippen LogP contribution in [0.3, 0.4) is 0 Å². The molecule has 64 valence electrons. The van der Waals surface area contributed by atoms with E-state index in [0.717, 1.165) is 0 Å². The predicted molar refractivity (Wildman–Crippen MR) is 43.8 cm³/mol. The van der Waals surface area contributed by atoms with Crippen LogP contribution >= 0.6 is 12.6 Å². The molecule has 0 radical (unpaired) electrons. The van der Waals surface area contributed by atoms with Crippen molar-refractivity contribution in [3.8, 4) is 0 Å². The number of rotatable bonds is 4. The minimum atomic E-state index is -0.419. The minimum Gasteiger partial charge on any atom is -0.347 e. The Morgan fingerprint density at radius 2 is 2.00 bits per heavy atom. The highest BCUT2D eigenvalue weighted by Crippen LogP contribution is 1.81. The van der Waals surface area contributed by atoms with E-state index < -0.39 is 5.91 Å². The summed E-state index contributed by atoms with van der Waals surface area (Å²) in [6.07, 6.45) is 0.307. The molecule has 0 aliphatic rings. The maximum absolute atomic E-state index is 10.7. The number of amides is 2. The van der Waals surface area contributed by atoms with Crippen molar-refractivity contribution in [3.63, 3.8) is 0 Å². The molecule has 0 saturated carbocycles. The van der Waals surface area contributed by atoms with Crippen LogP contribution in [0.4, 0.5) is 0 Å². The topological polar surface area (TPSA) is 84.2 Å². The lowest BCUT2D eigenvalue weighted by atomic mass is 10.4. The van der Waals surface area contributed by atoms with Gasteiger partial charge in [-0.1, -0.05) is 0 Å². The molecule has 0 fully saturated rings. The van der Waals surface area contributed by atoms with Crippen molar-refractivity contribution >= 4 is 24.4 Å². The largest absolute Gasteiger partial charge is 0.347 e. The Balaban J connectivity index is 3.38. The summed E-state index contributed by atoms with van der Waals surface area (Å²) in [5.41, 5.74) is 1.89. The van der Waals surface area contributed by atoms with Crippen molar-refractivity contribution in [2.24, 2.45) is 5.84 Å². The van der Waals surface area contributed by atoms with Crippen molar-refractivity contribution in [2.45, 2.75) is 6.42 Å². The summed E-state index contributed by atoms with van der Waals surface area (Å²) in [5.74, 6) is 4.61. The molecule has 2 amide bonds. The SMILES string of the molecule is NNC(=O)CNC(=O)CCS. The Morgan fingerprint density at radius 1 is 1.36 bits per heavy atom. The zero-order valence-corrected chi connectivity index (χ0v) is 6.86. The van der Waals surface area contributed by atoms with Crippen molar-refractivity contribution in [1.29, 1.82) is 0 Å². The second-order valence-electron chi connectivity index (χ2n) is 1.82. The monoisotopic (exact) mass is 177 g/mol. The summed E-state index contributed by atoms with van der Waals surface area (Å²) < 4.78 is 0. The van der Waals surface area contributed by atoms with Crippen LogP contribution in [0.25, 0.3) is 0 Å². The third kappa shape index (κ3) is 5.68. The van der Waals surface area contributed by atoms with Crippen LogP contribution in [-0.4, -0.2) is 24.1 Å².